The third kappa shape index (κ3) is 3.52. The number of hydrogen-bond donors (Lipinski definition) is 2. The largest absolute Gasteiger partial charge is 0.365 e. The zero-order valence-electron chi connectivity index (χ0n) is 14.3. The summed E-state index contributed by atoms with van der Waals surface area (Å²) in [6, 6.07) is 8.88. The van der Waals surface area contributed by atoms with E-state index in [4.69, 9.17) is 0 Å². The first-order chi connectivity index (χ1) is 12.0. The molecule has 25 heavy (non-hydrogen) atoms. The Balaban J connectivity index is 1.86. The number of hydrogen-bond acceptors (Lipinski definition) is 5. The van der Waals surface area contributed by atoms with E-state index in [0.717, 1.165) is 11.3 Å². The average Bonchev–Trinajstić information content (AvgIpc) is 3.08. The van der Waals surface area contributed by atoms with Crippen molar-refractivity contribution in [3.8, 4) is 5.69 Å². The summed E-state index contributed by atoms with van der Waals surface area (Å²) in [5.41, 5.74) is 1.12. The first-order valence-electron chi connectivity index (χ1n) is 8.03. The topological polar surface area (TPSA) is 97.6 Å². The van der Waals surface area contributed by atoms with Crippen molar-refractivity contribution in [1.29, 1.82) is 0 Å². The van der Waals surface area contributed by atoms with Crippen LogP contribution in [-0.2, 0) is 0 Å². The maximum atomic E-state index is 12.1. The molecule has 0 spiro atoms. The van der Waals surface area contributed by atoms with E-state index in [1.54, 1.807) is 24.9 Å². The highest BCUT2D eigenvalue weighted by atomic mass is 16.2. The smallest absolute Gasteiger partial charge is 0.330 e. The fourth-order valence-corrected chi connectivity index (χ4v) is 2.67. The van der Waals surface area contributed by atoms with Crippen molar-refractivity contribution in [2.75, 3.05) is 5.32 Å². The van der Waals surface area contributed by atoms with Crippen LogP contribution in [0.25, 0.3) is 5.69 Å². The van der Waals surface area contributed by atoms with Crippen molar-refractivity contribution >= 4 is 5.82 Å². The van der Waals surface area contributed by atoms with Gasteiger partial charge in [0.1, 0.15) is 18.5 Å². The predicted octanol–water partition coefficient (Wildman–Crippen LogP) is 1.87. The Kier molecular flexibility index (Phi) is 4.51. The molecule has 8 nitrogen and oxygen atoms in total. The van der Waals surface area contributed by atoms with Gasteiger partial charge in [-0.25, -0.2) is 14.5 Å². The van der Waals surface area contributed by atoms with Crippen LogP contribution in [0.5, 0.6) is 0 Å². The molecule has 1 atom stereocenters. The van der Waals surface area contributed by atoms with E-state index in [9.17, 15) is 9.59 Å². The van der Waals surface area contributed by atoms with Crippen LogP contribution in [0.4, 0.5) is 5.82 Å². The third-order valence-electron chi connectivity index (χ3n) is 3.91. The average molecular weight is 340 g/mol. The summed E-state index contributed by atoms with van der Waals surface area (Å²) in [4.78, 5) is 30.8. The van der Waals surface area contributed by atoms with E-state index in [-0.39, 0.29) is 17.6 Å². The number of nitrogens with one attached hydrogen (secondary N) is 2. The summed E-state index contributed by atoms with van der Waals surface area (Å²) in [6.07, 6.45) is 3.10. The van der Waals surface area contributed by atoms with Crippen LogP contribution < -0.4 is 16.6 Å². The number of anilines is 1. The Labute approximate surface area is 144 Å². The van der Waals surface area contributed by atoms with Gasteiger partial charge in [0.25, 0.3) is 5.56 Å². The Bertz CT molecular complexity index is 940. The van der Waals surface area contributed by atoms with Crippen molar-refractivity contribution in [3.63, 3.8) is 0 Å². The predicted molar refractivity (Wildman–Crippen MR) is 95.1 cm³/mol. The fourth-order valence-electron chi connectivity index (χ4n) is 2.67. The monoisotopic (exact) mass is 340 g/mol. The molecular weight excluding hydrogens is 320 g/mol. The van der Waals surface area contributed by atoms with Gasteiger partial charge in [0.05, 0.1) is 5.69 Å². The zero-order valence-corrected chi connectivity index (χ0v) is 14.3. The number of aromatic amines is 1. The molecule has 2 heterocycles. The number of nitrogens with zero attached hydrogens (tertiary/aromatic N) is 4. The Morgan fingerprint density at radius 3 is 2.60 bits per heavy atom. The van der Waals surface area contributed by atoms with Crippen molar-refractivity contribution in [2.45, 2.75) is 32.9 Å². The molecule has 2 N–H and O–H groups in total. The van der Waals surface area contributed by atoms with Crippen molar-refractivity contribution < 1.29 is 0 Å². The van der Waals surface area contributed by atoms with Gasteiger partial charge < -0.3 is 5.32 Å². The van der Waals surface area contributed by atoms with E-state index < -0.39 is 5.69 Å². The van der Waals surface area contributed by atoms with E-state index in [1.165, 1.54) is 17.0 Å². The molecule has 0 aliphatic carbocycles. The maximum absolute atomic E-state index is 12.1. The normalized spacial score (nSPS) is 12.3. The minimum absolute atomic E-state index is 0.117. The first-order valence-corrected chi connectivity index (χ1v) is 8.03. The van der Waals surface area contributed by atoms with Gasteiger partial charge in [-0.1, -0.05) is 12.1 Å². The lowest BCUT2D eigenvalue weighted by Crippen LogP contribution is -2.36. The molecule has 1 unspecified atom stereocenters. The van der Waals surface area contributed by atoms with Gasteiger partial charge in [0.2, 0.25) is 0 Å². The van der Waals surface area contributed by atoms with Crippen molar-refractivity contribution in [3.05, 3.63) is 69.4 Å². The molecule has 3 aromatic rings. The summed E-state index contributed by atoms with van der Waals surface area (Å²) < 4.78 is 2.85. The highest BCUT2D eigenvalue weighted by Crippen LogP contribution is 2.19. The van der Waals surface area contributed by atoms with Gasteiger partial charge in [-0.2, -0.15) is 5.10 Å². The Hall–Kier alpha value is -3.16. The summed E-state index contributed by atoms with van der Waals surface area (Å²) in [7, 11) is 0. The molecule has 1 aromatic carbocycles. The standard InChI is InChI=1S/C17H20N6O2/c1-11(2)23-16(24)8-15(21-17(23)25)20-12(3)13-5-4-6-14(7-13)22-10-18-9-19-22/h4-12,20H,1-3H3,(H,21,25). The van der Waals surface area contributed by atoms with Gasteiger partial charge in [-0.05, 0) is 38.5 Å². The molecule has 3 rings (SSSR count). The Morgan fingerprint density at radius 2 is 1.96 bits per heavy atom. The second-order valence-corrected chi connectivity index (χ2v) is 6.09. The van der Waals surface area contributed by atoms with Crippen molar-refractivity contribution in [1.82, 2.24) is 24.3 Å². The Morgan fingerprint density at radius 1 is 1.16 bits per heavy atom. The lowest BCUT2D eigenvalue weighted by atomic mass is 10.1. The number of H-pyrrole nitrogens is 1. The molecule has 0 bridgehead atoms. The van der Waals surface area contributed by atoms with Crippen molar-refractivity contribution in [2.24, 2.45) is 0 Å². The van der Waals surface area contributed by atoms with Crippen LogP contribution in [0.1, 0.15) is 38.4 Å². The first kappa shape index (κ1) is 16.7. The summed E-state index contributed by atoms with van der Waals surface area (Å²) in [6.45, 7) is 5.54. The molecule has 0 aliphatic rings. The van der Waals surface area contributed by atoms with Crippen LogP contribution in [-0.4, -0.2) is 24.3 Å². The fraction of sp³-hybridized carbons (Fsp3) is 0.294. The van der Waals surface area contributed by atoms with E-state index >= 15 is 0 Å². The molecule has 0 fully saturated rings. The second-order valence-electron chi connectivity index (χ2n) is 6.09. The van der Waals surface area contributed by atoms with E-state index in [1.807, 2.05) is 31.2 Å². The highest BCUT2D eigenvalue weighted by Gasteiger charge is 2.11. The second kappa shape index (κ2) is 6.76. The molecule has 0 radical (unpaired) electrons. The number of rotatable bonds is 5. The molecule has 0 amide bonds. The number of benzene rings is 1. The van der Waals surface area contributed by atoms with E-state index in [0.29, 0.717) is 5.82 Å². The molecule has 0 saturated carbocycles. The third-order valence-corrected chi connectivity index (χ3v) is 3.91. The van der Waals surface area contributed by atoms with Gasteiger partial charge in [0.15, 0.2) is 0 Å². The van der Waals surface area contributed by atoms with Crippen LogP contribution in [0.2, 0.25) is 0 Å². The van der Waals surface area contributed by atoms with Crippen LogP contribution in [0.15, 0.2) is 52.6 Å². The van der Waals surface area contributed by atoms with Crippen LogP contribution in [0, 0.1) is 0 Å². The molecule has 0 saturated heterocycles. The molecule has 8 heteroatoms. The highest BCUT2D eigenvalue weighted by molar-refractivity contribution is 5.41. The van der Waals surface area contributed by atoms with Crippen LogP contribution in [0.3, 0.4) is 0 Å². The SMILES string of the molecule is CC(Nc1cc(=O)n(C(C)C)c(=O)[nH]1)c1cccc(-n2cncn2)c1. The summed E-state index contributed by atoms with van der Waals surface area (Å²) in [5, 5.41) is 7.28. The lowest BCUT2D eigenvalue weighted by molar-refractivity contribution is 0.546. The van der Waals surface area contributed by atoms with Gasteiger partial charge in [-0.15, -0.1) is 0 Å². The molecule has 130 valence electrons. The molecular formula is C17H20N6O2. The minimum Gasteiger partial charge on any atom is -0.365 e. The van der Waals surface area contributed by atoms with Gasteiger partial charge >= 0.3 is 5.69 Å². The molecule has 0 aliphatic heterocycles. The maximum Gasteiger partial charge on any atom is 0.330 e. The van der Waals surface area contributed by atoms with E-state index in [2.05, 4.69) is 20.4 Å². The number of aromatic nitrogens is 5. The van der Waals surface area contributed by atoms with Crippen LogP contribution >= 0.6 is 0 Å². The summed E-state index contributed by atoms with van der Waals surface area (Å²) in [5.74, 6) is 0.394. The van der Waals surface area contributed by atoms with Gasteiger partial charge in [-0.3, -0.25) is 14.3 Å². The van der Waals surface area contributed by atoms with Gasteiger partial charge in [0, 0.05) is 18.2 Å². The lowest BCUT2D eigenvalue weighted by Gasteiger charge is -2.17. The zero-order chi connectivity index (χ0) is 18.0. The summed E-state index contributed by atoms with van der Waals surface area (Å²) >= 11 is 0. The molecule has 2 aromatic heterocycles. The minimum atomic E-state index is -0.423. The quantitative estimate of drug-likeness (QED) is 0.739.